The third-order valence-electron chi connectivity index (χ3n) is 6.85. The molecule has 2 rings (SSSR count). The molecule has 1 saturated carbocycles. The van der Waals surface area contributed by atoms with E-state index in [1.165, 1.54) is 0 Å². The molecule has 0 saturated heterocycles. The van der Waals surface area contributed by atoms with Gasteiger partial charge in [0.25, 0.3) is 0 Å². The summed E-state index contributed by atoms with van der Waals surface area (Å²) in [6.45, 7) is 6.30. The van der Waals surface area contributed by atoms with E-state index in [1.807, 2.05) is 6.08 Å². The lowest BCUT2D eigenvalue weighted by molar-refractivity contribution is -0.137. The molecule has 1 fully saturated rings. The van der Waals surface area contributed by atoms with Gasteiger partial charge in [-0.1, -0.05) is 70.0 Å². The molecule has 1 aliphatic carbocycles. The third kappa shape index (κ3) is 7.06. The zero-order chi connectivity index (χ0) is 23.0. The molecule has 0 amide bonds. The normalized spacial score (nSPS) is 25.2. The summed E-state index contributed by atoms with van der Waals surface area (Å²) in [4.78, 5) is 10.6. The van der Waals surface area contributed by atoms with Crippen LogP contribution < -0.4 is 0 Å². The first-order valence-electron chi connectivity index (χ1n) is 11.7. The van der Waals surface area contributed by atoms with Crippen molar-refractivity contribution < 1.29 is 20.1 Å². The molecule has 174 valence electrons. The minimum Gasteiger partial charge on any atom is -0.481 e. The average Bonchev–Trinajstić information content (AvgIpc) is 3.01. The van der Waals surface area contributed by atoms with Gasteiger partial charge in [-0.3, -0.25) is 4.79 Å². The van der Waals surface area contributed by atoms with E-state index in [4.69, 9.17) is 16.7 Å². The van der Waals surface area contributed by atoms with Gasteiger partial charge in [0.15, 0.2) is 0 Å². The molecule has 0 aliphatic heterocycles. The Balaban J connectivity index is 2.06. The van der Waals surface area contributed by atoms with Gasteiger partial charge in [-0.15, -0.1) is 11.6 Å². The molecule has 5 heteroatoms. The minimum atomic E-state index is -0.766. The van der Waals surface area contributed by atoms with Crippen LogP contribution in [0.25, 0.3) is 0 Å². The van der Waals surface area contributed by atoms with E-state index >= 15 is 0 Å². The van der Waals surface area contributed by atoms with Crippen LogP contribution in [0.4, 0.5) is 0 Å². The van der Waals surface area contributed by atoms with Crippen molar-refractivity contribution in [3.63, 3.8) is 0 Å². The van der Waals surface area contributed by atoms with Crippen LogP contribution in [0.2, 0.25) is 0 Å². The third-order valence-corrected chi connectivity index (χ3v) is 7.35. The molecule has 31 heavy (non-hydrogen) atoms. The number of carboxylic acids is 1. The molecule has 0 aromatic heterocycles. The number of aliphatic hydroxyl groups excluding tert-OH is 2. The Morgan fingerprint density at radius 1 is 1.23 bits per heavy atom. The molecule has 0 spiro atoms. The minimum absolute atomic E-state index is 0.0200. The summed E-state index contributed by atoms with van der Waals surface area (Å²) in [6, 6.07) is 8.32. The number of carboxylic acid groups (broad SMARTS) is 1. The number of rotatable bonds is 12. The van der Waals surface area contributed by atoms with Crippen molar-refractivity contribution in [2.45, 2.75) is 101 Å². The largest absolute Gasteiger partial charge is 0.481 e. The van der Waals surface area contributed by atoms with Gasteiger partial charge in [0.05, 0.1) is 12.2 Å². The number of allylic oxidation sites excluding steroid dienone is 2. The average molecular weight is 451 g/mol. The Hall–Kier alpha value is -1.36. The summed E-state index contributed by atoms with van der Waals surface area (Å²) in [7, 11) is 0. The van der Waals surface area contributed by atoms with Crippen LogP contribution in [0, 0.1) is 5.92 Å². The maximum Gasteiger partial charge on any atom is 0.303 e. The molecule has 0 bridgehead atoms. The zero-order valence-corrected chi connectivity index (χ0v) is 19.9. The number of alkyl halides is 1. The monoisotopic (exact) mass is 450 g/mol. The maximum atomic E-state index is 10.7. The first-order valence-corrected chi connectivity index (χ1v) is 12.1. The highest BCUT2D eigenvalue weighted by molar-refractivity contribution is 6.21. The van der Waals surface area contributed by atoms with E-state index in [9.17, 15) is 15.0 Å². The van der Waals surface area contributed by atoms with E-state index in [2.05, 4.69) is 51.1 Å². The van der Waals surface area contributed by atoms with Gasteiger partial charge in [-0.05, 0) is 49.1 Å². The van der Waals surface area contributed by atoms with E-state index in [0.717, 1.165) is 43.2 Å². The highest BCUT2D eigenvalue weighted by Gasteiger charge is 2.41. The number of hydrogen-bond acceptors (Lipinski definition) is 3. The quantitative estimate of drug-likeness (QED) is 0.214. The number of carbonyl (C=O) groups is 1. The lowest BCUT2D eigenvalue weighted by Gasteiger charge is -2.32. The van der Waals surface area contributed by atoms with Crippen molar-refractivity contribution in [3.8, 4) is 0 Å². The number of hydrogen-bond donors (Lipinski definition) is 3. The Morgan fingerprint density at radius 3 is 2.52 bits per heavy atom. The second kappa shape index (κ2) is 12.0. The second-order valence-corrected chi connectivity index (χ2v) is 10.1. The predicted octanol–water partition coefficient (Wildman–Crippen LogP) is 5.79. The summed E-state index contributed by atoms with van der Waals surface area (Å²) in [6.07, 6.45) is 9.02. The summed E-state index contributed by atoms with van der Waals surface area (Å²) in [5.74, 6) is -0.646. The van der Waals surface area contributed by atoms with Crippen molar-refractivity contribution in [1.29, 1.82) is 0 Å². The Morgan fingerprint density at radius 2 is 1.90 bits per heavy atom. The van der Waals surface area contributed by atoms with Crippen LogP contribution in [-0.4, -0.2) is 38.9 Å². The number of halogens is 1. The van der Waals surface area contributed by atoms with Crippen molar-refractivity contribution in [1.82, 2.24) is 0 Å². The standard InChI is InChI=1S/C26H39ClO4/c1-4-5-11-23(29)26(2,3)19-15-13-18(14-16-19)25-20(21(27)17-22(25)28)10-8-6-7-9-12-24(30)31/h6,8,13-16,20-23,25,28-29H,4-5,7,9-12,17H2,1-3H3,(H,30,31)/b8-6-. The number of aliphatic hydroxyl groups is 2. The predicted molar refractivity (Wildman–Crippen MR) is 127 cm³/mol. The van der Waals surface area contributed by atoms with Gasteiger partial charge in [0, 0.05) is 23.1 Å². The fraction of sp³-hybridized carbons (Fsp3) is 0.654. The summed E-state index contributed by atoms with van der Waals surface area (Å²) in [5, 5.41) is 30.0. The second-order valence-electron chi connectivity index (χ2n) is 9.50. The van der Waals surface area contributed by atoms with Gasteiger partial charge in [0.1, 0.15) is 0 Å². The molecule has 1 aliphatic rings. The molecule has 3 N–H and O–H groups in total. The summed E-state index contributed by atoms with van der Waals surface area (Å²) in [5.41, 5.74) is 1.86. The van der Waals surface area contributed by atoms with Crippen LogP contribution in [0.1, 0.15) is 89.2 Å². The topological polar surface area (TPSA) is 77.8 Å². The van der Waals surface area contributed by atoms with Crippen molar-refractivity contribution in [2.24, 2.45) is 5.92 Å². The molecule has 4 nitrogen and oxygen atoms in total. The number of benzene rings is 1. The first-order chi connectivity index (χ1) is 14.7. The van der Waals surface area contributed by atoms with E-state index < -0.39 is 12.1 Å². The van der Waals surface area contributed by atoms with Crippen molar-refractivity contribution in [2.75, 3.05) is 0 Å². The van der Waals surface area contributed by atoms with Crippen molar-refractivity contribution in [3.05, 3.63) is 47.5 Å². The van der Waals surface area contributed by atoms with Gasteiger partial charge in [-0.25, -0.2) is 0 Å². The SMILES string of the molecule is CCCCC(O)C(C)(C)c1ccc(C2C(O)CC(Cl)C2C/C=C\CCCC(=O)O)cc1. The highest BCUT2D eigenvalue weighted by Crippen LogP contribution is 2.45. The lowest BCUT2D eigenvalue weighted by atomic mass is 9.76. The van der Waals surface area contributed by atoms with Gasteiger partial charge < -0.3 is 15.3 Å². The van der Waals surface area contributed by atoms with Crippen molar-refractivity contribution >= 4 is 17.6 Å². The van der Waals surface area contributed by atoms with Crippen LogP contribution in [0.5, 0.6) is 0 Å². The van der Waals surface area contributed by atoms with Crippen LogP contribution in [-0.2, 0) is 10.2 Å². The molecule has 1 aromatic rings. The summed E-state index contributed by atoms with van der Waals surface area (Å²) >= 11 is 6.59. The van der Waals surface area contributed by atoms with Gasteiger partial charge >= 0.3 is 5.97 Å². The molecule has 0 heterocycles. The molecule has 5 atom stereocenters. The molecule has 0 radical (unpaired) electrons. The van der Waals surface area contributed by atoms with Gasteiger partial charge in [0.2, 0.25) is 0 Å². The van der Waals surface area contributed by atoms with E-state index in [1.54, 1.807) is 0 Å². The smallest absolute Gasteiger partial charge is 0.303 e. The van der Waals surface area contributed by atoms with E-state index in [-0.39, 0.29) is 35.2 Å². The van der Waals surface area contributed by atoms with Crippen LogP contribution in [0.3, 0.4) is 0 Å². The fourth-order valence-corrected chi connectivity index (χ4v) is 5.10. The van der Waals surface area contributed by atoms with Gasteiger partial charge in [-0.2, -0.15) is 0 Å². The number of unbranched alkanes of at least 4 members (excludes halogenated alkanes) is 2. The Kier molecular flexibility index (Phi) is 10.1. The maximum absolute atomic E-state index is 10.7. The molecular weight excluding hydrogens is 412 g/mol. The Labute approximate surface area is 192 Å². The number of aliphatic carboxylic acids is 1. The summed E-state index contributed by atoms with van der Waals surface area (Å²) < 4.78 is 0. The lowest BCUT2D eigenvalue weighted by Crippen LogP contribution is -2.33. The molecular formula is C26H39ClO4. The van der Waals surface area contributed by atoms with E-state index in [0.29, 0.717) is 12.8 Å². The highest BCUT2D eigenvalue weighted by atomic mass is 35.5. The first kappa shape index (κ1) is 25.9. The van der Waals surface area contributed by atoms with Crippen LogP contribution >= 0.6 is 11.6 Å². The zero-order valence-electron chi connectivity index (χ0n) is 19.1. The Bertz CT molecular complexity index is 713. The molecule has 5 unspecified atom stereocenters. The molecule has 1 aromatic carbocycles. The fourth-order valence-electron chi connectivity index (χ4n) is 4.65. The van der Waals surface area contributed by atoms with Crippen LogP contribution in [0.15, 0.2) is 36.4 Å².